The molecule has 0 bridgehead atoms. The molecule has 0 aliphatic heterocycles. The van der Waals surface area contributed by atoms with E-state index in [2.05, 4.69) is 10.0 Å². The van der Waals surface area contributed by atoms with E-state index in [9.17, 15) is 13.2 Å². The van der Waals surface area contributed by atoms with E-state index in [-0.39, 0.29) is 5.91 Å². The number of carbonyl (C=O) groups is 1. The number of hydrogen-bond acceptors (Lipinski definition) is 3. The van der Waals surface area contributed by atoms with Crippen LogP contribution in [0.15, 0.2) is 24.3 Å². The number of sulfonamides is 1. The third-order valence-electron chi connectivity index (χ3n) is 4.62. The highest BCUT2D eigenvalue weighted by atomic mass is 32.2. The first-order valence-electron chi connectivity index (χ1n) is 7.78. The molecule has 22 heavy (non-hydrogen) atoms. The molecule has 1 aromatic rings. The molecule has 0 heterocycles. The van der Waals surface area contributed by atoms with Crippen molar-refractivity contribution in [3.05, 3.63) is 29.8 Å². The van der Waals surface area contributed by atoms with Crippen LogP contribution in [-0.2, 0) is 20.2 Å². The highest BCUT2D eigenvalue weighted by Crippen LogP contribution is 2.48. The van der Waals surface area contributed by atoms with Gasteiger partial charge in [-0.05, 0) is 43.4 Å². The summed E-state index contributed by atoms with van der Waals surface area (Å²) in [7, 11) is -3.27. The zero-order valence-electron chi connectivity index (χ0n) is 12.8. The largest absolute Gasteiger partial charge is 0.353 e. The molecule has 2 aliphatic rings. The summed E-state index contributed by atoms with van der Waals surface area (Å²) >= 11 is 0. The van der Waals surface area contributed by atoms with Crippen LogP contribution in [0.1, 0.15) is 44.1 Å². The van der Waals surface area contributed by atoms with Crippen LogP contribution in [0.2, 0.25) is 0 Å². The van der Waals surface area contributed by atoms with Gasteiger partial charge >= 0.3 is 0 Å². The second-order valence-corrected chi connectivity index (χ2v) is 8.24. The minimum absolute atomic E-state index is 0.128. The zero-order chi connectivity index (χ0) is 15.8. The molecule has 0 radical (unpaired) electrons. The van der Waals surface area contributed by atoms with Gasteiger partial charge in [0.15, 0.2) is 0 Å². The number of nitrogens with one attached hydrogen (secondary N) is 2. The van der Waals surface area contributed by atoms with Gasteiger partial charge in [-0.1, -0.05) is 25.0 Å². The standard InChI is InChI=1S/C16H22N2O3S/c1-22(20,21)18-14-8-6-12(7-9-14)16(10-11-16)15(19)17-13-4-2-3-5-13/h6-9,13,18H,2-5,10-11H2,1H3,(H,17,19). The molecule has 1 amide bonds. The Kier molecular flexibility index (Phi) is 3.89. The van der Waals surface area contributed by atoms with Crippen LogP contribution >= 0.6 is 0 Å². The highest BCUT2D eigenvalue weighted by Gasteiger charge is 2.51. The van der Waals surface area contributed by atoms with Crippen molar-refractivity contribution >= 4 is 21.6 Å². The molecule has 2 fully saturated rings. The van der Waals surface area contributed by atoms with Crippen LogP contribution in [0.3, 0.4) is 0 Å². The first-order chi connectivity index (χ1) is 10.4. The van der Waals surface area contributed by atoms with Gasteiger partial charge in [0.05, 0.1) is 11.7 Å². The third-order valence-corrected chi connectivity index (χ3v) is 5.22. The molecule has 6 heteroatoms. The fourth-order valence-corrected chi connectivity index (χ4v) is 3.80. The molecule has 5 nitrogen and oxygen atoms in total. The van der Waals surface area contributed by atoms with Crippen molar-refractivity contribution in [2.45, 2.75) is 50.0 Å². The SMILES string of the molecule is CS(=O)(=O)Nc1ccc(C2(C(=O)NC3CCCC3)CC2)cc1. The van der Waals surface area contributed by atoms with E-state index in [0.29, 0.717) is 11.7 Å². The summed E-state index contributed by atoms with van der Waals surface area (Å²) in [6.07, 6.45) is 7.42. The van der Waals surface area contributed by atoms with Gasteiger partial charge in [0.2, 0.25) is 15.9 Å². The Morgan fingerprint density at radius 1 is 1.14 bits per heavy atom. The molecule has 2 saturated carbocycles. The van der Waals surface area contributed by atoms with E-state index in [0.717, 1.165) is 37.5 Å². The highest BCUT2D eigenvalue weighted by molar-refractivity contribution is 7.92. The van der Waals surface area contributed by atoms with Gasteiger partial charge in [0.25, 0.3) is 0 Å². The second-order valence-electron chi connectivity index (χ2n) is 6.49. The van der Waals surface area contributed by atoms with Crippen LogP contribution in [0.4, 0.5) is 5.69 Å². The maximum Gasteiger partial charge on any atom is 0.230 e. The molecule has 2 N–H and O–H groups in total. The maximum absolute atomic E-state index is 12.6. The van der Waals surface area contributed by atoms with Crippen molar-refractivity contribution < 1.29 is 13.2 Å². The maximum atomic E-state index is 12.6. The summed E-state index contributed by atoms with van der Waals surface area (Å²) in [5, 5.41) is 3.18. The smallest absolute Gasteiger partial charge is 0.230 e. The minimum Gasteiger partial charge on any atom is -0.353 e. The molecule has 0 unspecified atom stereocenters. The summed E-state index contributed by atoms with van der Waals surface area (Å²) in [6.45, 7) is 0. The minimum atomic E-state index is -3.27. The van der Waals surface area contributed by atoms with Gasteiger partial charge in [-0.25, -0.2) is 8.42 Å². The summed E-state index contributed by atoms with van der Waals surface area (Å²) in [6, 6.07) is 7.48. The van der Waals surface area contributed by atoms with Crippen LogP contribution in [0.5, 0.6) is 0 Å². The lowest BCUT2D eigenvalue weighted by atomic mass is 9.94. The van der Waals surface area contributed by atoms with Crippen molar-refractivity contribution in [1.82, 2.24) is 5.32 Å². The number of anilines is 1. The Morgan fingerprint density at radius 3 is 2.23 bits per heavy atom. The summed E-state index contributed by atoms with van der Waals surface area (Å²) in [5.74, 6) is 0.128. The molecular weight excluding hydrogens is 300 g/mol. The number of benzene rings is 1. The van der Waals surface area contributed by atoms with Crippen molar-refractivity contribution in [3.8, 4) is 0 Å². The summed E-state index contributed by atoms with van der Waals surface area (Å²) < 4.78 is 24.9. The number of amides is 1. The molecule has 0 saturated heterocycles. The Morgan fingerprint density at radius 2 is 1.73 bits per heavy atom. The van der Waals surface area contributed by atoms with E-state index < -0.39 is 15.4 Å². The van der Waals surface area contributed by atoms with Crippen LogP contribution in [0, 0.1) is 0 Å². The predicted octanol–water partition coefficient (Wildman–Crippen LogP) is 2.15. The number of carbonyl (C=O) groups excluding carboxylic acids is 1. The van der Waals surface area contributed by atoms with Gasteiger partial charge in [-0.3, -0.25) is 9.52 Å². The van der Waals surface area contributed by atoms with Crippen molar-refractivity contribution in [2.75, 3.05) is 11.0 Å². The van der Waals surface area contributed by atoms with Crippen molar-refractivity contribution in [1.29, 1.82) is 0 Å². The van der Waals surface area contributed by atoms with Gasteiger partial charge in [-0.2, -0.15) is 0 Å². The monoisotopic (exact) mass is 322 g/mol. The average molecular weight is 322 g/mol. The number of rotatable bonds is 5. The Bertz CT molecular complexity index is 657. The molecular formula is C16H22N2O3S. The lowest BCUT2D eigenvalue weighted by Gasteiger charge is -2.19. The summed E-state index contributed by atoms with van der Waals surface area (Å²) in [4.78, 5) is 12.6. The zero-order valence-corrected chi connectivity index (χ0v) is 13.6. The number of hydrogen-bond donors (Lipinski definition) is 2. The van der Waals surface area contributed by atoms with E-state index in [4.69, 9.17) is 0 Å². The topological polar surface area (TPSA) is 75.3 Å². The van der Waals surface area contributed by atoms with E-state index in [1.165, 1.54) is 12.8 Å². The summed E-state index contributed by atoms with van der Waals surface area (Å²) in [5.41, 5.74) is 1.10. The second kappa shape index (κ2) is 5.57. The van der Waals surface area contributed by atoms with Gasteiger partial charge in [0.1, 0.15) is 0 Å². The molecule has 2 aliphatic carbocycles. The first-order valence-corrected chi connectivity index (χ1v) is 9.67. The van der Waals surface area contributed by atoms with Gasteiger partial charge in [0, 0.05) is 11.7 Å². The van der Waals surface area contributed by atoms with Crippen molar-refractivity contribution in [3.63, 3.8) is 0 Å². The van der Waals surface area contributed by atoms with E-state index >= 15 is 0 Å². The Balaban J connectivity index is 1.71. The van der Waals surface area contributed by atoms with Crippen LogP contribution < -0.4 is 10.0 Å². The predicted molar refractivity (Wildman–Crippen MR) is 86.2 cm³/mol. The van der Waals surface area contributed by atoms with Crippen LogP contribution in [-0.4, -0.2) is 26.6 Å². The quantitative estimate of drug-likeness (QED) is 0.872. The molecule has 0 aromatic heterocycles. The van der Waals surface area contributed by atoms with Gasteiger partial charge in [-0.15, -0.1) is 0 Å². The molecule has 3 rings (SSSR count). The molecule has 120 valence electrons. The van der Waals surface area contributed by atoms with E-state index in [1.54, 1.807) is 12.1 Å². The molecule has 1 aromatic carbocycles. The van der Waals surface area contributed by atoms with E-state index in [1.807, 2.05) is 12.1 Å². The molecule has 0 atom stereocenters. The lowest BCUT2D eigenvalue weighted by Crippen LogP contribution is -2.40. The van der Waals surface area contributed by atoms with Gasteiger partial charge < -0.3 is 5.32 Å². The molecule has 0 spiro atoms. The van der Waals surface area contributed by atoms with Crippen molar-refractivity contribution in [2.24, 2.45) is 0 Å². The fraction of sp³-hybridized carbons (Fsp3) is 0.562. The average Bonchev–Trinajstić information content (AvgIpc) is 3.10. The lowest BCUT2D eigenvalue weighted by molar-refractivity contribution is -0.124. The van der Waals surface area contributed by atoms with Crippen LogP contribution in [0.25, 0.3) is 0 Å². The Hall–Kier alpha value is -1.56. The normalized spacial score (nSPS) is 20.6. The Labute approximate surface area is 131 Å². The fourth-order valence-electron chi connectivity index (χ4n) is 3.24. The first kappa shape index (κ1) is 15.3. The third kappa shape index (κ3) is 3.27.